The molecular weight excluding hydrogens is 278 g/mol. The second-order valence-corrected chi connectivity index (χ2v) is 7.29. The molecule has 0 saturated heterocycles. The number of nitriles is 1. The fourth-order valence-corrected chi connectivity index (χ4v) is 5.23. The number of carbonyl (C=O) groups is 1. The van der Waals surface area contributed by atoms with Crippen molar-refractivity contribution in [1.82, 2.24) is 0 Å². The normalized spacial score (nSPS) is 44.4. The first-order valence-electron chi connectivity index (χ1n) is 6.73. The molecule has 1 atom stereocenters. The van der Waals surface area contributed by atoms with E-state index in [0.29, 0.717) is 24.0 Å². The number of hydrogen-bond acceptors (Lipinski definition) is 2. The summed E-state index contributed by atoms with van der Waals surface area (Å²) in [7, 11) is 0. The summed E-state index contributed by atoms with van der Waals surface area (Å²) in [5.41, 5.74) is 0. The van der Waals surface area contributed by atoms with Crippen LogP contribution in [0.2, 0.25) is 0 Å². The Bertz CT molecular complexity index is 345. The summed E-state index contributed by atoms with van der Waals surface area (Å²) in [6.45, 7) is 0. The molecule has 92 valence electrons. The Morgan fingerprint density at radius 3 is 2.18 bits per heavy atom. The first kappa shape index (κ1) is 11.7. The number of ketones is 1. The Balaban J connectivity index is 1.76. The van der Waals surface area contributed by atoms with Gasteiger partial charge in [0.25, 0.3) is 0 Å². The van der Waals surface area contributed by atoms with Crippen LogP contribution in [0.1, 0.15) is 38.5 Å². The van der Waals surface area contributed by atoms with Gasteiger partial charge in [0, 0.05) is 5.92 Å². The Hall–Kier alpha value is -0.360. The Labute approximate surface area is 111 Å². The van der Waals surface area contributed by atoms with Gasteiger partial charge in [0.05, 0.1) is 17.3 Å². The Morgan fingerprint density at radius 1 is 1.18 bits per heavy atom. The number of nitrogens with zero attached hydrogens (tertiary/aromatic N) is 1. The van der Waals surface area contributed by atoms with Crippen molar-refractivity contribution in [2.45, 2.75) is 43.4 Å². The minimum absolute atomic E-state index is 0.227. The molecule has 0 radical (unpaired) electrons. The Morgan fingerprint density at radius 2 is 1.71 bits per heavy atom. The van der Waals surface area contributed by atoms with Gasteiger partial charge in [-0.05, 0) is 55.8 Å². The molecule has 0 aromatic heterocycles. The maximum absolute atomic E-state index is 12.4. The van der Waals surface area contributed by atoms with Crippen LogP contribution in [0.5, 0.6) is 0 Å². The lowest BCUT2D eigenvalue weighted by Gasteiger charge is -2.54. The van der Waals surface area contributed by atoms with Gasteiger partial charge in [0.1, 0.15) is 0 Å². The molecule has 0 aliphatic heterocycles. The van der Waals surface area contributed by atoms with Crippen molar-refractivity contribution < 1.29 is 4.79 Å². The van der Waals surface area contributed by atoms with E-state index in [0.717, 1.165) is 11.8 Å². The highest BCUT2D eigenvalue weighted by atomic mass is 79.9. The van der Waals surface area contributed by atoms with Crippen LogP contribution < -0.4 is 0 Å². The molecule has 0 spiro atoms. The van der Waals surface area contributed by atoms with Crippen molar-refractivity contribution >= 4 is 21.7 Å². The third-order valence-electron chi connectivity index (χ3n) is 5.13. The van der Waals surface area contributed by atoms with E-state index in [9.17, 15) is 4.79 Å². The lowest BCUT2D eigenvalue weighted by atomic mass is 9.51. The van der Waals surface area contributed by atoms with Crippen molar-refractivity contribution in [1.29, 1.82) is 5.26 Å². The standard InChI is InChI=1S/C14H18BrNO/c15-12(1-2-16)14(17)13-10-4-8-3-9(6-10)7-11(13)5-8/h8-13H,1,3-7H2. The van der Waals surface area contributed by atoms with Crippen LogP contribution in [0.25, 0.3) is 0 Å². The van der Waals surface area contributed by atoms with Gasteiger partial charge in [0.2, 0.25) is 0 Å². The molecule has 0 aromatic carbocycles. The van der Waals surface area contributed by atoms with Crippen LogP contribution >= 0.6 is 15.9 Å². The summed E-state index contributed by atoms with van der Waals surface area (Å²) in [5, 5.41) is 8.70. The number of Topliss-reactive ketones (excluding diaryl/α,β-unsaturated/α-hetero) is 1. The molecule has 4 rings (SSSR count). The molecule has 2 nitrogen and oxygen atoms in total. The van der Waals surface area contributed by atoms with E-state index in [1.165, 1.54) is 32.1 Å². The summed E-state index contributed by atoms with van der Waals surface area (Å²) >= 11 is 3.40. The van der Waals surface area contributed by atoms with E-state index >= 15 is 0 Å². The maximum atomic E-state index is 12.4. The van der Waals surface area contributed by atoms with Crippen molar-refractivity contribution in [2.24, 2.45) is 29.6 Å². The van der Waals surface area contributed by atoms with Gasteiger partial charge in [-0.25, -0.2) is 0 Å². The summed E-state index contributed by atoms with van der Waals surface area (Å²) in [6.07, 6.45) is 6.84. The van der Waals surface area contributed by atoms with E-state index in [1.807, 2.05) is 0 Å². The largest absolute Gasteiger partial charge is 0.298 e. The molecule has 4 aliphatic carbocycles. The molecule has 0 aromatic rings. The molecule has 4 fully saturated rings. The van der Waals surface area contributed by atoms with Crippen molar-refractivity contribution in [3.05, 3.63) is 0 Å². The third kappa shape index (κ3) is 1.95. The highest BCUT2D eigenvalue weighted by Gasteiger charge is 2.51. The van der Waals surface area contributed by atoms with E-state index in [1.54, 1.807) is 0 Å². The molecule has 0 N–H and O–H groups in total. The van der Waals surface area contributed by atoms with Gasteiger partial charge >= 0.3 is 0 Å². The molecule has 3 heteroatoms. The van der Waals surface area contributed by atoms with E-state index in [-0.39, 0.29) is 10.7 Å². The van der Waals surface area contributed by atoms with Gasteiger partial charge in [-0.2, -0.15) is 5.26 Å². The van der Waals surface area contributed by atoms with Gasteiger partial charge in [-0.1, -0.05) is 15.9 Å². The van der Waals surface area contributed by atoms with Crippen LogP contribution in [0.3, 0.4) is 0 Å². The first-order chi connectivity index (χ1) is 8.19. The van der Waals surface area contributed by atoms with Gasteiger partial charge < -0.3 is 0 Å². The molecule has 17 heavy (non-hydrogen) atoms. The minimum Gasteiger partial charge on any atom is -0.298 e. The quantitative estimate of drug-likeness (QED) is 0.750. The molecule has 4 saturated carbocycles. The molecule has 0 amide bonds. The van der Waals surface area contributed by atoms with E-state index in [2.05, 4.69) is 22.0 Å². The van der Waals surface area contributed by atoms with Crippen LogP contribution in [0.15, 0.2) is 0 Å². The van der Waals surface area contributed by atoms with Gasteiger partial charge in [-0.15, -0.1) is 0 Å². The highest BCUT2D eigenvalue weighted by molar-refractivity contribution is 9.10. The highest BCUT2D eigenvalue weighted by Crippen LogP contribution is 2.57. The van der Waals surface area contributed by atoms with Crippen molar-refractivity contribution in [2.75, 3.05) is 0 Å². The fourth-order valence-electron chi connectivity index (χ4n) is 4.78. The summed E-state index contributed by atoms with van der Waals surface area (Å²) in [5.74, 6) is 3.67. The molecular formula is C14H18BrNO. The topological polar surface area (TPSA) is 40.9 Å². The smallest absolute Gasteiger partial charge is 0.151 e. The average Bonchev–Trinajstić information content (AvgIpc) is 2.27. The summed E-state index contributed by atoms with van der Waals surface area (Å²) < 4.78 is 0. The number of rotatable bonds is 3. The van der Waals surface area contributed by atoms with E-state index in [4.69, 9.17) is 5.26 Å². The Kier molecular flexibility index (Phi) is 3.02. The van der Waals surface area contributed by atoms with E-state index < -0.39 is 0 Å². The van der Waals surface area contributed by atoms with Crippen molar-refractivity contribution in [3.8, 4) is 6.07 Å². The van der Waals surface area contributed by atoms with Gasteiger partial charge in [-0.3, -0.25) is 4.79 Å². The third-order valence-corrected chi connectivity index (χ3v) is 5.91. The summed E-state index contributed by atoms with van der Waals surface area (Å²) in [6, 6.07) is 2.10. The first-order valence-corrected chi connectivity index (χ1v) is 7.65. The molecule has 4 aliphatic rings. The van der Waals surface area contributed by atoms with Crippen LogP contribution in [0.4, 0.5) is 0 Å². The fraction of sp³-hybridized carbons (Fsp3) is 0.857. The number of alkyl halides is 1. The molecule has 1 unspecified atom stereocenters. The molecule has 0 heterocycles. The zero-order valence-corrected chi connectivity index (χ0v) is 11.5. The maximum Gasteiger partial charge on any atom is 0.151 e. The predicted molar refractivity (Wildman–Crippen MR) is 68.5 cm³/mol. The average molecular weight is 296 g/mol. The van der Waals surface area contributed by atoms with Crippen LogP contribution in [-0.4, -0.2) is 10.6 Å². The van der Waals surface area contributed by atoms with Gasteiger partial charge in [0.15, 0.2) is 5.78 Å². The molecule has 4 bridgehead atoms. The number of carbonyl (C=O) groups excluding carboxylic acids is 1. The zero-order valence-electron chi connectivity index (χ0n) is 9.94. The second kappa shape index (κ2) is 4.39. The number of hydrogen-bond donors (Lipinski definition) is 0. The zero-order chi connectivity index (χ0) is 12.0. The monoisotopic (exact) mass is 295 g/mol. The van der Waals surface area contributed by atoms with Crippen LogP contribution in [-0.2, 0) is 4.79 Å². The number of halogens is 1. The lowest BCUT2D eigenvalue weighted by Crippen LogP contribution is -2.49. The van der Waals surface area contributed by atoms with Crippen LogP contribution in [0, 0.1) is 40.9 Å². The second-order valence-electron chi connectivity index (χ2n) is 6.19. The SMILES string of the molecule is N#CCC(Br)C(=O)C1C2CC3CC(C2)CC1C3. The predicted octanol–water partition coefficient (Wildman–Crippen LogP) is 3.30. The lowest BCUT2D eigenvalue weighted by molar-refractivity contribution is -0.135. The minimum atomic E-state index is -0.227. The summed E-state index contributed by atoms with van der Waals surface area (Å²) in [4.78, 5) is 12.2. The van der Waals surface area contributed by atoms with Crippen molar-refractivity contribution in [3.63, 3.8) is 0 Å².